The molecule has 2 N–H and O–H groups in total. The third-order valence-corrected chi connectivity index (χ3v) is 4.77. The van der Waals surface area contributed by atoms with E-state index in [1.54, 1.807) is 30.7 Å². The van der Waals surface area contributed by atoms with Gasteiger partial charge >= 0.3 is 0 Å². The summed E-state index contributed by atoms with van der Waals surface area (Å²) in [5, 5.41) is 0. The van der Waals surface area contributed by atoms with Crippen molar-refractivity contribution in [2.75, 3.05) is 5.73 Å². The molecule has 4 nitrogen and oxygen atoms in total. The van der Waals surface area contributed by atoms with Gasteiger partial charge in [0.1, 0.15) is 11.6 Å². The number of nitrogens with two attached hydrogens (primary N) is 1. The average Bonchev–Trinajstić information content (AvgIpc) is 2.75. The van der Waals surface area contributed by atoms with Gasteiger partial charge < -0.3 is 5.73 Å². The molecular formula is C23H19FN4. The maximum absolute atomic E-state index is 14.0. The fourth-order valence-electron chi connectivity index (χ4n) is 3.37. The molecule has 0 bridgehead atoms. The molecule has 0 radical (unpaired) electrons. The van der Waals surface area contributed by atoms with E-state index in [0.29, 0.717) is 12.2 Å². The molecule has 0 saturated heterocycles. The lowest BCUT2D eigenvalue weighted by molar-refractivity contribution is 0.627. The van der Waals surface area contributed by atoms with E-state index < -0.39 is 0 Å². The number of rotatable bonds is 5. The van der Waals surface area contributed by atoms with Gasteiger partial charge in [0.2, 0.25) is 0 Å². The maximum Gasteiger partial charge on any atom is 0.123 e. The first-order chi connectivity index (χ1) is 13.7. The van der Waals surface area contributed by atoms with Crippen LogP contribution in [-0.4, -0.2) is 15.0 Å². The van der Waals surface area contributed by atoms with Crippen LogP contribution in [0.15, 0.2) is 85.6 Å². The van der Waals surface area contributed by atoms with E-state index in [4.69, 9.17) is 5.73 Å². The third kappa shape index (κ3) is 3.88. The first kappa shape index (κ1) is 17.8. The molecule has 4 rings (SSSR count). The van der Waals surface area contributed by atoms with E-state index in [1.165, 1.54) is 6.07 Å². The van der Waals surface area contributed by atoms with Crippen molar-refractivity contribution in [1.29, 1.82) is 0 Å². The van der Waals surface area contributed by atoms with Gasteiger partial charge in [-0.25, -0.2) is 9.37 Å². The van der Waals surface area contributed by atoms with Crippen LogP contribution in [0.4, 0.5) is 10.2 Å². The minimum absolute atomic E-state index is 0.0494. The second kappa shape index (κ2) is 7.96. The molecule has 3 heterocycles. The largest absolute Gasteiger partial charge is 0.384 e. The highest BCUT2D eigenvalue weighted by atomic mass is 19.1. The lowest BCUT2D eigenvalue weighted by Crippen LogP contribution is -2.07. The Kier molecular flexibility index (Phi) is 5.06. The van der Waals surface area contributed by atoms with Crippen molar-refractivity contribution in [2.45, 2.75) is 12.3 Å². The monoisotopic (exact) mass is 370 g/mol. The number of anilines is 1. The summed E-state index contributed by atoms with van der Waals surface area (Å²) in [4.78, 5) is 12.7. The Morgan fingerprint density at radius 2 is 1.57 bits per heavy atom. The summed E-state index contributed by atoms with van der Waals surface area (Å²) < 4.78 is 14.0. The predicted octanol–water partition coefficient (Wildman–Crippen LogP) is 4.63. The summed E-state index contributed by atoms with van der Waals surface area (Å²) in [6.45, 7) is 0. The molecule has 1 aromatic carbocycles. The molecule has 0 saturated carbocycles. The van der Waals surface area contributed by atoms with Crippen molar-refractivity contribution in [3.63, 3.8) is 0 Å². The van der Waals surface area contributed by atoms with E-state index in [-0.39, 0.29) is 11.7 Å². The Hall–Kier alpha value is -3.60. The molecular weight excluding hydrogens is 351 g/mol. The molecule has 5 heteroatoms. The fourth-order valence-corrected chi connectivity index (χ4v) is 3.37. The highest BCUT2D eigenvalue weighted by Crippen LogP contribution is 2.32. The van der Waals surface area contributed by atoms with Crippen LogP contribution in [0.1, 0.15) is 22.6 Å². The number of benzene rings is 1. The molecule has 0 aliphatic heterocycles. The van der Waals surface area contributed by atoms with Crippen LogP contribution in [-0.2, 0) is 6.42 Å². The van der Waals surface area contributed by atoms with Crippen molar-refractivity contribution < 1.29 is 4.39 Å². The average molecular weight is 370 g/mol. The second-order valence-corrected chi connectivity index (χ2v) is 6.60. The van der Waals surface area contributed by atoms with Gasteiger partial charge in [-0.1, -0.05) is 18.2 Å². The Bertz CT molecular complexity index is 1010. The number of aromatic nitrogens is 3. The van der Waals surface area contributed by atoms with Crippen molar-refractivity contribution in [1.82, 2.24) is 15.0 Å². The van der Waals surface area contributed by atoms with Crippen molar-refractivity contribution in [3.05, 3.63) is 108 Å². The standard InChI is InChI=1S/C23H19FN4/c24-20-7-5-16(22(12-20)19-6-8-23(25)28-15-19)11-21(17-3-1-9-26-13-17)18-4-2-10-27-14-18/h1-10,12-15,21H,11H2,(H2,25,28). The van der Waals surface area contributed by atoms with Crippen LogP contribution in [0.5, 0.6) is 0 Å². The maximum atomic E-state index is 14.0. The molecule has 4 aromatic rings. The van der Waals surface area contributed by atoms with Crippen molar-refractivity contribution in [2.24, 2.45) is 0 Å². The summed E-state index contributed by atoms with van der Waals surface area (Å²) >= 11 is 0. The lowest BCUT2D eigenvalue weighted by atomic mass is 9.85. The predicted molar refractivity (Wildman–Crippen MR) is 108 cm³/mol. The molecule has 0 aliphatic rings. The van der Waals surface area contributed by atoms with E-state index in [1.807, 2.05) is 36.7 Å². The number of nitrogens with zero attached hydrogens (tertiary/aromatic N) is 3. The number of hydrogen-bond donors (Lipinski definition) is 1. The van der Waals surface area contributed by atoms with Crippen LogP contribution >= 0.6 is 0 Å². The highest BCUT2D eigenvalue weighted by molar-refractivity contribution is 5.68. The summed E-state index contributed by atoms with van der Waals surface area (Å²) in [5.74, 6) is 0.202. The van der Waals surface area contributed by atoms with Gasteiger partial charge in [0, 0.05) is 42.5 Å². The van der Waals surface area contributed by atoms with Gasteiger partial charge in [0.25, 0.3) is 0 Å². The first-order valence-electron chi connectivity index (χ1n) is 9.01. The number of pyridine rings is 3. The van der Waals surface area contributed by atoms with E-state index in [2.05, 4.69) is 27.1 Å². The van der Waals surface area contributed by atoms with Gasteiger partial charge in [-0.2, -0.15) is 0 Å². The minimum Gasteiger partial charge on any atom is -0.384 e. The fraction of sp³-hybridized carbons (Fsp3) is 0.0870. The summed E-state index contributed by atoms with van der Waals surface area (Å²) in [6, 6.07) is 16.4. The number of hydrogen-bond acceptors (Lipinski definition) is 4. The molecule has 0 aliphatic carbocycles. The molecule has 0 unspecified atom stereocenters. The highest BCUT2D eigenvalue weighted by Gasteiger charge is 2.18. The van der Waals surface area contributed by atoms with Gasteiger partial charge in [-0.3, -0.25) is 9.97 Å². The zero-order valence-electron chi connectivity index (χ0n) is 15.2. The van der Waals surface area contributed by atoms with Crippen LogP contribution in [0, 0.1) is 5.82 Å². The minimum atomic E-state index is -0.283. The first-order valence-corrected chi connectivity index (χ1v) is 9.01. The van der Waals surface area contributed by atoms with E-state index in [9.17, 15) is 4.39 Å². The Balaban J connectivity index is 1.78. The van der Waals surface area contributed by atoms with Crippen molar-refractivity contribution >= 4 is 5.82 Å². The molecule has 0 amide bonds. The van der Waals surface area contributed by atoms with Gasteiger partial charge in [0.15, 0.2) is 0 Å². The van der Waals surface area contributed by atoms with Gasteiger partial charge in [0.05, 0.1) is 0 Å². The Morgan fingerprint density at radius 1 is 0.857 bits per heavy atom. The smallest absolute Gasteiger partial charge is 0.123 e. The zero-order valence-corrected chi connectivity index (χ0v) is 15.2. The van der Waals surface area contributed by atoms with Crippen LogP contribution in [0.25, 0.3) is 11.1 Å². The molecule has 0 spiro atoms. The molecule has 3 aromatic heterocycles. The Morgan fingerprint density at radius 3 is 2.14 bits per heavy atom. The van der Waals surface area contributed by atoms with Crippen LogP contribution in [0.2, 0.25) is 0 Å². The molecule has 0 atom stereocenters. The topological polar surface area (TPSA) is 64.7 Å². The Labute approximate surface area is 162 Å². The molecule has 0 fully saturated rings. The van der Waals surface area contributed by atoms with Crippen LogP contribution in [0.3, 0.4) is 0 Å². The molecule has 28 heavy (non-hydrogen) atoms. The van der Waals surface area contributed by atoms with E-state index >= 15 is 0 Å². The second-order valence-electron chi connectivity index (χ2n) is 6.60. The summed E-state index contributed by atoms with van der Waals surface area (Å²) in [7, 11) is 0. The quantitative estimate of drug-likeness (QED) is 0.556. The number of nitrogen functional groups attached to an aromatic ring is 1. The zero-order chi connectivity index (χ0) is 19.3. The van der Waals surface area contributed by atoms with E-state index in [0.717, 1.165) is 27.8 Å². The normalized spacial score (nSPS) is 10.9. The van der Waals surface area contributed by atoms with Crippen molar-refractivity contribution in [3.8, 4) is 11.1 Å². The summed E-state index contributed by atoms with van der Waals surface area (Å²) in [5.41, 5.74) is 10.5. The third-order valence-electron chi connectivity index (χ3n) is 4.77. The number of halogens is 1. The van der Waals surface area contributed by atoms with Crippen LogP contribution < -0.4 is 5.73 Å². The van der Waals surface area contributed by atoms with Gasteiger partial charge in [-0.15, -0.1) is 0 Å². The summed E-state index contributed by atoms with van der Waals surface area (Å²) in [6.07, 6.45) is 9.60. The molecule has 138 valence electrons. The lowest BCUT2D eigenvalue weighted by Gasteiger charge is -2.19. The SMILES string of the molecule is Nc1ccc(-c2cc(F)ccc2CC(c2cccnc2)c2cccnc2)cn1. The van der Waals surface area contributed by atoms with Gasteiger partial charge in [-0.05, 0) is 65.1 Å².